The number of hydrogen-bond acceptors (Lipinski definition) is 2. The van der Waals surface area contributed by atoms with E-state index >= 15 is 0 Å². The van der Waals surface area contributed by atoms with Crippen LogP contribution in [-0.2, 0) is 11.2 Å². The number of ether oxygens (including phenoxy) is 1. The standard InChI is InChI=1S/C18H20FNO2/c1-14-5-8-17(9-6-14)22-12-11-20-18(21)10-7-15-3-2-4-16(19)13-15/h2-6,8-9,13H,7,10-12H2,1H3,(H,20,21). The van der Waals surface area contributed by atoms with Crippen LogP contribution in [0.5, 0.6) is 5.75 Å². The Hall–Kier alpha value is -2.36. The summed E-state index contributed by atoms with van der Waals surface area (Å²) in [6, 6.07) is 14.1. The lowest BCUT2D eigenvalue weighted by molar-refractivity contribution is -0.121. The first-order valence-corrected chi connectivity index (χ1v) is 7.34. The van der Waals surface area contributed by atoms with E-state index < -0.39 is 0 Å². The summed E-state index contributed by atoms with van der Waals surface area (Å²) in [5.74, 6) is 0.459. The molecule has 0 saturated heterocycles. The highest BCUT2D eigenvalue weighted by Gasteiger charge is 2.03. The van der Waals surface area contributed by atoms with Crippen molar-refractivity contribution >= 4 is 5.91 Å². The van der Waals surface area contributed by atoms with Crippen molar-refractivity contribution in [1.82, 2.24) is 5.32 Å². The molecule has 4 heteroatoms. The van der Waals surface area contributed by atoms with Crippen LogP contribution in [0, 0.1) is 12.7 Å². The molecular weight excluding hydrogens is 281 g/mol. The minimum atomic E-state index is -0.274. The second-order valence-electron chi connectivity index (χ2n) is 5.14. The van der Waals surface area contributed by atoms with E-state index in [9.17, 15) is 9.18 Å². The molecule has 0 aromatic heterocycles. The van der Waals surface area contributed by atoms with Crippen LogP contribution in [0.15, 0.2) is 48.5 Å². The molecule has 0 aliphatic rings. The molecule has 0 saturated carbocycles. The Morgan fingerprint density at radius 2 is 1.95 bits per heavy atom. The number of halogens is 1. The third kappa shape index (κ3) is 5.56. The molecule has 0 unspecified atom stereocenters. The van der Waals surface area contributed by atoms with E-state index in [-0.39, 0.29) is 11.7 Å². The van der Waals surface area contributed by atoms with Crippen LogP contribution < -0.4 is 10.1 Å². The average Bonchev–Trinajstić information content (AvgIpc) is 2.51. The number of hydrogen-bond donors (Lipinski definition) is 1. The molecule has 0 spiro atoms. The Kier molecular flexibility index (Phi) is 5.95. The molecule has 0 fully saturated rings. The van der Waals surface area contributed by atoms with Crippen LogP contribution >= 0.6 is 0 Å². The Morgan fingerprint density at radius 3 is 2.68 bits per heavy atom. The highest BCUT2D eigenvalue weighted by Crippen LogP contribution is 2.10. The molecule has 0 radical (unpaired) electrons. The Balaban J connectivity index is 1.62. The lowest BCUT2D eigenvalue weighted by Gasteiger charge is -2.08. The molecule has 3 nitrogen and oxygen atoms in total. The summed E-state index contributed by atoms with van der Waals surface area (Å²) in [5.41, 5.74) is 2.00. The van der Waals surface area contributed by atoms with E-state index in [2.05, 4.69) is 5.32 Å². The monoisotopic (exact) mass is 301 g/mol. The third-order valence-corrected chi connectivity index (χ3v) is 3.24. The molecule has 0 bridgehead atoms. The molecule has 0 aliphatic carbocycles. The van der Waals surface area contributed by atoms with Gasteiger partial charge in [0.05, 0.1) is 6.54 Å². The fraction of sp³-hybridized carbons (Fsp3) is 0.278. The molecule has 0 aliphatic heterocycles. The minimum absolute atomic E-state index is 0.0585. The van der Waals surface area contributed by atoms with Gasteiger partial charge in [-0.1, -0.05) is 29.8 Å². The Morgan fingerprint density at radius 1 is 1.18 bits per heavy atom. The van der Waals surface area contributed by atoms with Crippen LogP contribution in [-0.4, -0.2) is 19.1 Å². The van der Waals surface area contributed by atoms with Gasteiger partial charge in [-0.2, -0.15) is 0 Å². The van der Waals surface area contributed by atoms with Crippen LogP contribution in [0.25, 0.3) is 0 Å². The topological polar surface area (TPSA) is 38.3 Å². The van der Waals surface area contributed by atoms with Crippen molar-refractivity contribution in [2.75, 3.05) is 13.2 Å². The molecule has 2 rings (SSSR count). The maximum atomic E-state index is 13.0. The van der Waals surface area contributed by atoms with Gasteiger partial charge < -0.3 is 10.1 Å². The molecule has 1 amide bonds. The van der Waals surface area contributed by atoms with E-state index in [1.54, 1.807) is 6.07 Å². The summed E-state index contributed by atoms with van der Waals surface area (Å²) in [7, 11) is 0. The van der Waals surface area contributed by atoms with Gasteiger partial charge in [0.15, 0.2) is 0 Å². The highest BCUT2D eigenvalue weighted by molar-refractivity contribution is 5.76. The van der Waals surface area contributed by atoms with Crippen molar-refractivity contribution < 1.29 is 13.9 Å². The van der Waals surface area contributed by atoms with E-state index in [1.807, 2.05) is 37.3 Å². The maximum absolute atomic E-state index is 13.0. The summed E-state index contributed by atoms with van der Waals surface area (Å²) in [4.78, 5) is 11.7. The largest absolute Gasteiger partial charge is 0.492 e. The zero-order chi connectivity index (χ0) is 15.8. The molecule has 2 aromatic carbocycles. The molecule has 1 N–H and O–H groups in total. The summed E-state index contributed by atoms with van der Waals surface area (Å²) in [6.45, 7) is 2.90. The van der Waals surface area contributed by atoms with Crippen molar-refractivity contribution in [3.8, 4) is 5.75 Å². The SMILES string of the molecule is Cc1ccc(OCCNC(=O)CCc2cccc(F)c2)cc1. The fourth-order valence-corrected chi connectivity index (χ4v) is 2.03. The van der Waals surface area contributed by atoms with Crippen molar-refractivity contribution in [1.29, 1.82) is 0 Å². The van der Waals surface area contributed by atoms with Gasteiger partial charge in [0, 0.05) is 6.42 Å². The molecule has 2 aromatic rings. The summed E-state index contributed by atoms with van der Waals surface area (Å²) in [6.07, 6.45) is 0.871. The van der Waals surface area contributed by atoms with Gasteiger partial charge in [0.25, 0.3) is 0 Å². The number of carbonyl (C=O) groups excluding carboxylic acids is 1. The van der Waals surface area contributed by atoms with E-state index in [4.69, 9.17) is 4.74 Å². The normalized spacial score (nSPS) is 10.3. The lowest BCUT2D eigenvalue weighted by Crippen LogP contribution is -2.28. The fourth-order valence-electron chi connectivity index (χ4n) is 2.03. The van der Waals surface area contributed by atoms with Crippen LogP contribution in [0.1, 0.15) is 17.5 Å². The predicted molar refractivity (Wildman–Crippen MR) is 84.4 cm³/mol. The van der Waals surface area contributed by atoms with Crippen molar-refractivity contribution in [2.24, 2.45) is 0 Å². The van der Waals surface area contributed by atoms with Crippen molar-refractivity contribution in [2.45, 2.75) is 19.8 Å². The summed E-state index contributed by atoms with van der Waals surface area (Å²) >= 11 is 0. The molecule has 0 atom stereocenters. The minimum Gasteiger partial charge on any atom is -0.492 e. The zero-order valence-corrected chi connectivity index (χ0v) is 12.6. The third-order valence-electron chi connectivity index (χ3n) is 3.24. The highest BCUT2D eigenvalue weighted by atomic mass is 19.1. The van der Waals surface area contributed by atoms with Crippen molar-refractivity contribution in [3.05, 3.63) is 65.5 Å². The lowest BCUT2D eigenvalue weighted by atomic mass is 10.1. The number of amides is 1. The molecule has 0 heterocycles. The first-order chi connectivity index (χ1) is 10.6. The number of nitrogens with one attached hydrogen (secondary N) is 1. The maximum Gasteiger partial charge on any atom is 0.220 e. The summed E-state index contributed by atoms with van der Waals surface area (Å²) in [5, 5.41) is 2.79. The van der Waals surface area contributed by atoms with Gasteiger partial charge >= 0.3 is 0 Å². The van der Waals surface area contributed by atoms with Gasteiger partial charge in [-0.25, -0.2) is 4.39 Å². The Labute approximate surface area is 130 Å². The first-order valence-electron chi connectivity index (χ1n) is 7.34. The van der Waals surface area contributed by atoms with E-state index in [0.717, 1.165) is 11.3 Å². The van der Waals surface area contributed by atoms with Gasteiger partial charge in [-0.3, -0.25) is 4.79 Å². The second kappa shape index (κ2) is 8.17. The molecule has 116 valence electrons. The number of rotatable bonds is 7. The van der Waals surface area contributed by atoms with Crippen LogP contribution in [0.4, 0.5) is 4.39 Å². The number of aryl methyl sites for hydroxylation is 2. The second-order valence-corrected chi connectivity index (χ2v) is 5.14. The van der Waals surface area contributed by atoms with Gasteiger partial charge in [-0.05, 0) is 43.2 Å². The average molecular weight is 301 g/mol. The quantitative estimate of drug-likeness (QED) is 0.797. The van der Waals surface area contributed by atoms with Gasteiger partial charge in [-0.15, -0.1) is 0 Å². The van der Waals surface area contributed by atoms with Crippen molar-refractivity contribution in [3.63, 3.8) is 0 Å². The smallest absolute Gasteiger partial charge is 0.220 e. The van der Waals surface area contributed by atoms with Crippen LogP contribution in [0.3, 0.4) is 0 Å². The zero-order valence-electron chi connectivity index (χ0n) is 12.6. The van der Waals surface area contributed by atoms with E-state index in [1.165, 1.54) is 17.7 Å². The number of carbonyl (C=O) groups is 1. The van der Waals surface area contributed by atoms with Gasteiger partial charge in [0.2, 0.25) is 5.91 Å². The number of benzene rings is 2. The summed E-state index contributed by atoms with van der Waals surface area (Å²) < 4.78 is 18.5. The van der Waals surface area contributed by atoms with E-state index in [0.29, 0.717) is 26.0 Å². The van der Waals surface area contributed by atoms with Crippen LogP contribution in [0.2, 0.25) is 0 Å². The predicted octanol–water partition coefficient (Wildman–Crippen LogP) is 3.26. The molecule has 22 heavy (non-hydrogen) atoms. The Bertz CT molecular complexity index is 611. The molecular formula is C18H20FNO2. The first kappa shape index (κ1) is 16.0. The van der Waals surface area contributed by atoms with Gasteiger partial charge in [0.1, 0.15) is 18.2 Å².